The number of aromatic nitrogens is 2. The van der Waals surface area contributed by atoms with Crippen LogP contribution in [0.2, 0.25) is 0 Å². The highest BCUT2D eigenvalue weighted by molar-refractivity contribution is 8.03. The third-order valence-electron chi connectivity index (χ3n) is 2.71. The lowest BCUT2D eigenvalue weighted by Gasteiger charge is -2.00. The van der Waals surface area contributed by atoms with Gasteiger partial charge in [-0.1, -0.05) is 53.9 Å². The minimum Gasteiger partial charge on any atom is -0.355 e. The number of nitriles is 1. The van der Waals surface area contributed by atoms with Crippen LogP contribution in [0, 0.1) is 11.3 Å². The second-order valence-electron chi connectivity index (χ2n) is 4.57. The standard InChI is InChI=1S/C15H16N4OS3/c1-2-6-17-13(20)10-22-15-19-18-14(23-15)21-9-12-5-3-4-11(7-12)8-16/h3-5,7H,2,6,9-10H2,1H3,(H,17,20). The van der Waals surface area contributed by atoms with E-state index in [-0.39, 0.29) is 5.91 Å². The first-order valence-electron chi connectivity index (χ1n) is 7.06. The van der Waals surface area contributed by atoms with Crippen LogP contribution in [-0.2, 0) is 10.5 Å². The van der Waals surface area contributed by atoms with Gasteiger partial charge >= 0.3 is 0 Å². The first-order chi connectivity index (χ1) is 11.2. The molecule has 0 unspecified atom stereocenters. The summed E-state index contributed by atoms with van der Waals surface area (Å²) >= 11 is 4.47. The summed E-state index contributed by atoms with van der Waals surface area (Å²) in [6, 6.07) is 9.67. The van der Waals surface area contributed by atoms with E-state index in [4.69, 9.17) is 5.26 Å². The third kappa shape index (κ3) is 6.22. The number of rotatable bonds is 8. The zero-order chi connectivity index (χ0) is 16.5. The van der Waals surface area contributed by atoms with Crippen molar-refractivity contribution in [3.8, 4) is 6.07 Å². The molecule has 1 amide bonds. The van der Waals surface area contributed by atoms with Gasteiger partial charge in [0.25, 0.3) is 0 Å². The van der Waals surface area contributed by atoms with E-state index in [1.807, 2.05) is 25.1 Å². The van der Waals surface area contributed by atoms with Crippen LogP contribution in [0.1, 0.15) is 24.5 Å². The van der Waals surface area contributed by atoms with Gasteiger partial charge < -0.3 is 5.32 Å². The number of benzene rings is 1. The van der Waals surface area contributed by atoms with Crippen molar-refractivity contribution in [2.24, 2.45) is 0 Å². The van der Waals surface area contributed by atoms with E-state index in [0.717, 1.165) is 26.4 Å². The van der Waals surface area contributed by atoms with Crippen LogP contribution in [0.3, 0.4) is 0 Å². The molecule has 8 heteroatoms. The van der Waals surface area contributed by atoms with E-state index in [1.54, 1.807) is 17.8 Å². The number of nitrogens with zero attached hydrogens (tertiary/aromatic N) is 3. The maximum atomic E-state index is 11.5. The molecule has 23 heavy (non-hydrogen) atoms. The van der Waals surface area contributed by atoms with E-state index in [0.29, 0.717) is 17.9 Å². The summed E-state index contributed by atoms with van der Waals surface area (Å²) in [5.41, 5.74) is 1.74. The lowest BCUT2D eigenvalue weighted by molar-refractivity contribution is -0.118. The van der Waals surface area contributed by atoms with Crippen LogP contribution in [-0.4, -0.2) is 28.4 Å². The summed E-state index contributed by atoms with van der Waals surface area (Å²) in [5.74, 6) is 1.13. The van der Waals surface area contributed by atoms with Crippen molar-refractivity contribution in [3.05, 3.63) is 35.4 Å². The lowest BCUT2D eigenvalue weighted by atomic mass is 10.2. The summed E-state index contributed by atoms with van der Waals surface area (Å²) < 4.78 is 1.66. The number of nitrogens with one attached hydrogen (secondary N) is 1. The van der Waals surface area contributed by atoms with Crippen molar-refractivity contribution in [3.63, 3.8) is 0 Å². The minimum absolute atomic E-state index is 0.0228. The highest BCUT2D eigenvalue weighted by atomic mass is 32.2. The molecule has 0 atom stereocenters. The zero-order valence-electron chi connectivity index (χ0n) is 12.6. The SMILES string of the molecule is CCCNC(=O)CSc1nnc(SCc2cccc(C#N)c2)s1. The van der Waals surface area contributed by atoms with Gasteiger partial charge in [-0.05, 0) is 24.1 Å². The zero-order valence-corrected chi connectivity index (χ0v) is 15.1. The number of thioether (sulfide) groups is 2. The highest BCUT2D eigenvalue weighted by Crippen LogP contribution is 2.30. The minimum atomic E-state index is 0.0228. The van der Waals surface area contributed by atoms with Crippen molar-refractivity contribution in [2.45, 2.75) is 27.8 Å². The topological polar surface area (TPSA) is 78.7 Å². The smallest absolute Gasteiger partial charge is 0.230 e. The van der Waals surface area contributed by atoms with Gasteiger partial charge in [0.15, 0.2) is 8.68 Å². The Labute approximate surface area is 147 Å². The van der Waals surface area contributed by atoms with Gasteiger partial charge in [0.2, 0.25) is 5.91 Å². The maximum Gasteiger partial charge on any atom is 0.230 e. The largest absolute Gasteiger partial charge is 0.355 e. The Morgan fingerprint density at radius 1 is 1.35 bits per heavy atom. The first-order valence-corrected chi connectivity index (χ1v) is 9.85. The molecule has 1 N–H and O–H groups in total. The quantitative estimate of drug-likeness (QED) is 0.724. The fourth-order valence-corrected chi connectivity index (χ4v) is 4.43. The molecule has 0 saturated heterocycles. The Hall–Kier alpha value is -1.56. The molecule has 1 heterocycles. The van der Waals surface area contributed by atoms with Gasteiger partial charge in [-0.25, -0.2) is 0 Å². The molecule has 0 radical (unpaired) electrons. The summed E-state index contributed by atoms with van der Waals surface area (Å²) in [4.78, 5) is 11.5. The lowest BCUT2D eigenvalue weighted by Crippen LogP contribution is -2.25. The van der Waals surface area contributed by atoms with Crippen molar-refractivity contribution in [1.82, 2.24) is 15.5 Å². The van der Waals surface area contributed by atoms with Crippen LogP contribution in [0.25, 0.3) is 0 Å². The number of hydrogen-bond acceptors (Lipinski definition) is 7. The molecule has 5 nitrogen and oxygen atoms in total. The second-order valence-corrected chi connectivity index (χ2v) is 8.00. The van der Waals surface area contributed by atoms with Gasteiger partial charge in [0.1, 0.15) is 0 Å². The fourth-order valence-electron chi connectivity index (χ4n) is 1.63. The van der Waals surface area contributed by atoms with E-state index in [1.165, 1.54) is 23.1 Å². The third-order valence-corrected chi connectivity index (χ3v) is 5.97. The van der Waals surface area contributed by atoms with Gasteiger partial charge in [-0.3, -0.25) is 4.79 Å². The first kappa shape index (κ1) is 17.8. The Kier molecular flexibility index (Phi) is 7.39. The van der Waals surface area contributed by atoms with Crippen LogP contribution >= 0.6 is 34.9 Å². The maximum absolute atomic E-state index is 11.5. The van der Waals surface area contributed by atoms with Gasteiger partial charge in [0, 0.05) is 12.3 Å². The Bertz CT molecular complexity index is 696. The summed E-state index contributed by atoms with van der Waals surface area (Å²) in [5, 5.41) is 19.9. The number of hydrogen-bond donors (Lipinski definition) is 1. The average molecular weight is 365 g/mol. The summed E-state index contributed by atoms with van der Waals surface area (Å²) in [7, 11) is 0. The van der Waals surface area contributed by atoms with Gasteiger partial charge in [0.05, 0.1) is 17.4 Å². The molecule has 0 aliphatic rings. The second kappa shape index (κ2) is 9.55. The molecule has 0 fully saturated rings. The number of amides is 1. The average Bonchev–Trinajstić information content (AvgIpc) is 3.04. The van der Waals surface area contributed by atoms with Crippen LogP contribution in [0.4, 0.5) is 0 Å². The molecule has 0 aliphatic carbocycles. The summed E-state index contributed by atoms with van der Waals surface area (Å²) in [6.07, 6.45) is 0.934. The van der Waals surface area contributed by atoms with E-state index in [2.05, 4.69) is 21.6 Å². The number of carbonyl (C=O) groups is 1. The molecule has 1 aromatic heterocycles. The Morgan fingerprint density at radius 2 is 2.13 bits per heavy atom. The molecule has 0 bridgehead atoms. The van der Waals surface area contributed by atoms with Crippen molar-refractivity contribution in [1.29, 1.82) is 5.26 Å². The van der Waals surface area contributed by atoms with Crippen LogP contribution < -0.4 is 5.32 Å². The van der Waals surface area contributed by atoms with Crippen LogP contribution in [0.5, 0.6) is 0 Å². The predicted octanol–water partition coefficient (Wildman–Crippen LogP) is 3.32. The molecule has 0 aliphatic heterocycles. The molecule has 1 aromatic carbocycles. The van der Waals surface area contributed by atoms with E-state index in [9.17, 15) is 4.79 Å². The molecule has 0 spiro atoms. The predicted molar refractivity (Wildman–Crippen MR) is 94.7 cm³/mol. The van der Waals surface area contributed by atoms with Crippen molar-refractivity contribution >= 4 is 40.8 Å². The van der Waals surface area contributed by atoms with Crippen LogP contribution in [0.15, 0.2) is 32.9 Å². The molecule has 2 rings (SSSR count). The Morgan fingerprint density at radius 3 is 2.87 bits per heavy atom. The van der Waals surface area contributed by atoms with E-state index < -0.39 is 0 Å². The number of carbonyl (C=O) groups excluding carboxylic acids is 1. The monoisotopic (exact) mass is 364 g/mol. The molecular weight excluding hydrogens is 348 g/mol. The van der Waals surface area contributed by atoms with Crippen molar-refractivity contribution < 1.29 is 4.79 Å². The molecule has 120 valence electrons. The van der Waals surface area contributed by atoms with Crippen molar-refractivity contribution in [2.75, 3.05) is 12.3 Å². The van der Waals surface area contributed by atoms with Gasteiger partial charge in [-0.2, -0.15) is 5.26 Å². The fraction of sp³-hybridized carbons (Fsp3) is 0.333. The molecule has 2 aromatic rings. The Balaban J connectivity index is 1.80. The summed E-state index contributed by atoms with van der Waals surface area (Å²) in [6.45, 7) is 2.73. The van der Waals surface area contributed by atoms with E-state index >= 15 is 0 Å². The normalized spacial score (nSPS) is 10.3. The van der Waals surface area contributed by atoms with Gasteiger partial charge in [-0.15, -0.1) is 10.2 Å². The molecule has 0 saturated carbocycles. The molecular formula is C15H16N4OS3. The highest BCUT2D eigenvalue weighted by Gasteiger charge is 2.08.